The molecule has 2 aromatic heterocycles. The highest BCUT2D eigenvalue weighted by atomic mass is 19.1. The lowest BCUT2D eigenvalue weighted by atomic mass is 9.99. The third kappa shape index (κ3) is 2.14. The second kappa shape index (κ2) is 4.52. The fourth-order valence-corrected chi connectivity index (χ4v) is 2.82. The fourth-order valence-electron chi connectivity index (χ4n) is 2.82. The molecule has 2 atom stereocenters. The van der Waals surface area contributed by atoms with Crippen molar-refractivity contribution in [2.24, 2.45) is 0 Å². The van der Waals surface area contributed by atoms with E-state index in [0.717, 1.165) is 19.8 Å². The lowest BCUT2D eigenvalue weighted by molar-refractivity contribution is -0.224. The summed E-state index contributed by atoms with van der Waals surface area (Å²) in [6.45, 7) is 2.55. The molecule has 5 N–H and O–H groups in total. The second-order valence-corrected chi connectivity index (χ2v) is 7.00. The number of rotatable bonds is 3. The van der Waals surface area contributed by atoms with E-state index in [0.29, 0.717) is 11.3 Å². The predicted octanol–water partition coefficient (Wildman–Crippen LogP) is 0.311. The maximum absolute atomic E-state index is 14.9. The summed E-state index contributed by atoms with van der Waals surface area (Å²) in [5, 5.41) is 22.8. The van der Waals surface area contributed by atoms with Crippen LogP contribution in [0.3, 0.4) is 0 Å². The van der Waals surface area contributed by atoms with Crippen molar-refractivity contribution in [2.45, 2.75) is 49.9 Å². The summed E-state index contributed by atoms with van der Waals surface area (Å²) < 4.78 is 21.4. The minimum Gasteiger partial charge on any atom is -0.368 e. The van der Waals surface area contributed by atoms with Crippen molar-refractivity contribution in [2.75, 3.05) is 17.7 Å². The quantitative estimate of drug-likeness (QED) is 0.588. The van der Waals surface area contributed by atoms with Crippen LogP contribution >= 0.6 is 0 Å². The molecular weight excluding hydrogens is 319 g/mol. The number of hydrogen-bond acceptors (Lipinski definition) is 8. The van der Waals surface area contributed by atoms with Crippen LogP contribution in [0, 0.1) is 0 Å². The Morgan fingerprint density at radius 3 is 2.67 bits per heavy atom. The number of imidazole rings is 1. The summed E-state index contributed by atoms with van der Waals surface area (Å²) >= 11 is 0. The fraction of sp³-hybridized carbons (Fsp3) is 0.643. The molecule has 2 aliphatic rings. The van der Waals surface area contributed by atoms with Gasteiger partial charge in [-0.25, -0.2) is 9.37 Å². The van der Waals surface area contributed by atoms with E-state index in [2.05, 4.69) is 27.2 Å². The number of aromatic nitrogens is 4. The molecule has 4 rings (SSSR count). The van der Waals surface area contributed by atoms with E-state index in [1.54, 1.807) is 0 Å². The van der Waals surface area contributed by atoms with E-state index in [9.17, 15) is 14.6 Å². The van der Waals surface area contributed by atoms with E-state index in [4.69, 9.17) is 10.5 Å². The molecule has 0 spiro atoms. The Hall–Kier alpha value is -2.04. The zero-order chi connectivity index (χ0) is 17.3. The van der Waals surface area contributed by atoms with Crippen molar-refractivity contribution >= 4 is 22.9 Å². The van der Waals surface area contributed by atoms with Crippen LogP contribution < -0.4 is 11.1 Å². The van der Waals surface area contributed by atoms with E-state index >= 15 is 0 Å². The first kappa shape index (κ1) is 15.5. The molecule has 24 heavy (non-hydrogen) atoms. The highest BCUT2D eigenvalue weighted by Crippen LogP contribution is 2.44. The number of nitrogen functional groups attached to an aromatic ring is 1. The van der Waals surface area contributed by atoms with Crippen molar-refractivity contribution in [1.82, 2.24) is 19.5 Å². The third-order valence-corrected chi connectivity index (χ3v) is 4.80. The average Bonchev–Trinajstić information content (AvgIpc) is 2.97. The summed E-state index contributed by atoms with van der Waals surface area (Å²) in [7, 11) is 0. The van der Waals surface area contributed by atoms with Gasteiger partial charge in [-0.2, -0.15) is 9.97 Å². The number of aliphatic hydroxyl groups is 2. The van der Waals surface area contributed by atoms with Crippen LogP contribution in [0.25, 0.3) is 11.2 Å². The van der Waals surface area contributed by atoms with Gasteiger partial charge in [-0.15, -0.1) is 0 Å². The van der Waals surface area contributed by atoms with Crippen molar-refractivity contribution in [1.29, 1.82) is 0 Å². The molecule has 1 aliphatic heterocycles. The normalized spacial score (nSPS) is 30.6. The van der Waals surface area contributed by atoms with Gasteiger partial charge in [-0.3, -0.25) is 4.57 Å². The van der Waals surface area contributed by atoms with Crippen molar-refractivity contribution < 1.29 is 19.3 Å². The molecule has 9 nitrogen and oxygen atoms in total. The third-order valence-electron chi connectivity index (χ3n) is 4.80. The molecular formula is C14H19FN6O3. The van der Waals surface area contributed by atoms with Gasteiger partial charge in [0.25, 0.3) is 0 Å². The van der Waals surface area contributed by atoms with Crippen LogP contribution in [0.4, 0.5) is 16.2 Å². The Morgan fingerprint density at radius 1 is 1.38 bits per heavy atom. The van der Waals surface area contributed by atoms with E-state index in [1.807, 2.05) is 0 Å². The zero-order valence-corrected chi connectivity index (χ0v) is 13.3. The van der Waals surface area contributed by atoms with Crippen molar-refractivity contribution in [3.8, 4) is 0 Å². The zero-order valence-electron chi connectivity index (χ0n) is 13.3. The monoisotopic (exact) mass is 338 g/mol. The van der Waals surface area contributed by atoms with Gasteiger partial charge in [-0.1, -0.05) is 0 Å². The molecule has 1 aliphatic carbocycles. The summed E-state index contributed by atoms with van der Waals surface area (Å²) in [6, 6.07) is 0. The van der Waals surface area contributed by atoms with Gasteiger partial charge in [0, 0.05) is 5.54 Å². The Kier molecular flexibility index (Phi) is 2.92. The predicted molar refractivity (Wildman–Crippen MR) is 82.7 cm³/mol. The Morgan fingerprint density at radius 2 is 2.08 bits per heavy atom. The van der Waals surface area contributed by atoms with Crippen LogP contribution in [-0.4, -0.2) is 53.3 Å². The molecule has 3 heterocycles. The van der Waals surface area contributed by atoms with Gasteiger partial charge < -0.3 is 26.0 Å². The summed E-state index contributed by atoms with van der Waals surface area (Å²) in [6.07, 6.45) is 2.05. The lowest BCUT2D eigenvalue weighted by Crippen LogP contribution is -2.49. The van der Waals surface area contributed by atoms with Gasteiger partial charge >= 0.3 is 0 Å². The standard InChI is InChI=1S/C14H19FN6O3/c1-12(3-4-12)20-8-7-9(19-11(16)18-8)21(6-17-7)10-13(2,15)14(22,23)5-24-10/h6,10,22-23H,3-5H2,1-2H3,(H3,16,18,19,20)/t10-,13-/m1/s1. The van der Waals surface area contributed by atoms with E-state index in [1.165, 1.54) is 10.9 Å². The summed E-state index contributed by atoms with van der Waals surface area (Å²) in [5.41, 5.74) is 3.96. The summed E-state index contributed by atoms with van der Waals surface area (Å²) in [5.74, 6) is -2.13. The molecule has 130 valence electrons. The second-order valence-electron chi connectivity index (χ2n) is 7.00. The molecule has 1 saturated heterocycles. The molecule has 0 unspecified atom stereocenters. The van der Waals surface area contributed by atoms with E-state index < -0.39 is 24.3 Å². The molecule has 0 radical (unpaired) electrons. The highest BCUT2D eigenvalue weighted by Gasteiger charge is 2.60. The van der Waals surface area contributed by atoms with Gasteiger partial charge in [0.05, 0.1) is 6.33 Å². The number of alkyl halides is 1. The topological polar surface area (TPSA) is 131 Å². The molecule has 0 amide bonds. The maximum atomic E-state index is 14.9. The van der Waals surface area contributed by atoms with Crippen LogP contribution in [-0.2, 0) is 4.74 Å². The Balaban J connectivity index is 1.81. The minimum atomic E-state index is -2.60. The average molecular weight is 338 g/mol. The molecule has 1 saturated carbocycles. The number of fused-ring (bicyclic) bond motifs is 1. The number of nitrogens with two attached hydrogens (primary N) is 1. The Bertz CT molecular complexity index is 816. The van der Waals surface area contributed by atoms with Crippen molar-refractivity contribution in [3.63, 3.8) is 0 Å². The molecule has 10 heteroatoms. The number of nitrogens with zero attached hydrogens (tertiary/aromatic N) is 4. The number of anilines is 2. The SMILES string of the molecule is CC1(Nc2nc(N)nc3c2ncn3[C@@H]2OCC(O)(O)[C@]2(C)F)CC1. The molecule has 2 fully saturated rings. The molecule has 2 aromatic rings. The molecule has 0 aromatic carbocycles. The lowest BCUT2D eigenvalue weighted by Gasteiger charge is -2.29. The van der Waals surface area contributed by atoms with Gasteiger partial charge in [0.2, 0.25) is 17.4 Å². The van der Waals surface area contributed by atoms with Crippen LogP contribution in [0.2, 0.25) is 0 Å². The largest absolute Gasteiger partial charge is 0.368 e. The Labute approximate surface area is 136 Å². The van der Waals surface area contributed by atoms with Crippen LogP contribution in [0.1, 0.15) is 32.9 Å². The van der Waals surface area contributed by atoms with Gasteiger partial charge in [0.15, 0.2) is 23.2 Å². The number of hydrogen-bond donors (Lipinski definition) is 4. The van der Waals surface area contributed by atoms with Gasteiger partial charge in [-0.05, 0) is 26.7 Å². The highest BCUT2D eigenvalue weighted by molar-refractivity contribution is 5.84. The maximum Gasteiger partial charge on any atom is 0.226 e. The minimum absolute atomic E-state index is 0.00817. The first-order valence-corrected chi connectivity index (χ1v) is 7.66. The smallest absolute Gasteiger partial charge is 0.226 e. The first-order valence-electron chi connectivity index (χ1n) is 7.66. The van der Waals surface area contributed by atoms with E-state index in [-0.39, 0.29) is 17.1 Å². The molecule has 0 bridgehead atoms. The summed E-state index contributed by atoms with van der Waals surface area (Å²) in [4.78, 5) is 12.5. The van der Waals surface area contributed by atoms with Crippen LogP contribution in [0.5, 0.6) is 0 Å². The number of ether oxygens (including phenoxy) is 1. The first-order chi connectivity index (χ1) is 11.1. The van der Waals surface area contributed by atoms with Gasteiger partial charge in [0.1, 0.15) is 6.61 Å². The van der Waals surface area contributed by atoms with Crippen molar-refractivity contribution in [3.05, 3.63) is 6.33 Å². The number of nitrogens with one attached hydrogen (secondary N) is 1. The van der Waals surface area contributed by atoms with Crippen LogP contribution in [0.15, 0.2) is 6.33 Å². The number of halogens is 1.